The largest absolute Gasteiger partial charge is 0.462 e. The fraction of sp³-hybridized carbons (Fsp3) is 0.286. The molecule has 1 amide bonds. The summed E-state index contributed by atoms with van der Waals surface area (Å²) in [5, 5.41) is 6.25. The van der Waals surface area contributed by atoms with Crippen LogP contribution in [-0.4, -0.2) is 28.8 Å². The number of aromatic nitrogens is 1. The highest BCUT2D eigenvalue weighted by Crippen LogP contribution is 2.35. The lowest BCUT2D eigenvalue weighted by atomic mass is 9.97. The highest BCUT2D eigenvalue weighted by Gasteiger charge is 2.24. The van der Waals surface area contributed by atoms with Crippen LogP contribution >= 0.6 is 11.6 Å². The number of nitrogens with one attached hydrogen (secondary N) is 1. The van der Waals surface area contributed by atoms with Crippen LogP contribution < -0.4 is 5.32 Å². The molecule has 4 rings (SSSR count). The maximum absolute atomic E-state index is 12.9. The number of amides is 1. The SMILES string of the molecule is CCOC(=O)c1c(CNC(=O)OC(C)(C)C)n(C)c2cc(-c3cccc4c(Cl)cccc34)ccc12. The summed E-state index contributed by atoms with van der Waals surface area (Å²) in [4.78, 5) is 25.2. The third-order valence-corrected chi connectivity index (χ3v) is 6.11. The van der Waals surface area contributed by atoms with Crippen molar-refractivity contribution in [3.05, 3.63) is 70.9 Å². The van der Waals surface area contributed by atoms with Gasteiger partial charge in [0, 0.05) is 28.4 Å². The van der Waals surface area contributed by atoms with Gasteiger partial charge in [-0.25, -0.2) is 9.59 Å². The van der Waals surface area contributed by atoms with Crippen molar-refractivity contribution in [2.75, 3.05) is 6.61 Å². The van der Waals surface area contributed by atoms with Crippen LogP contribution in [0.3, 0.4) is 0 Å². The van der Waals surface area contributed by atoms with Gasteiger partial charge < -0.3 is 19.4 Å². The Morgan fingerprint density at radius 2 is 1.71 bits per heavy atom. The summed E-state index contributed by atoms with van der Waals surface area (Å²) in [6.07, 6.45) is -0.550. The van der Waals surface area contributed by atoms with E-state index >= 15 is 0 Å². The first-order chi connectivity index (χ1) is 16.6. The molecule has 0 aliphatic heterocycles. The number of fused-ring (bicyclic) bond motifs is 2. The molecule has 1 aromatic heterocycles. The van der Waals surface area contributed by atoms with Crippen molar-refractivity contribution in [3.8, 4) is 11.1 Å². The van der Waals surface area contributed by atoms with Gasteiger partial charge in [0.05, 0.1) is 24.4 Å². The van der Waals surface area contributed by atoms with E-state index in [9.17, 15) is 9.59 Å². The number of aryl methyl sites for hydroxylation is 1. The number of nitrogens with zero attached hydrogens (tertiary/aromatic N) is 1. The Labute approximate surface area is 209 Å². The number of hydrogen-bond donors (Lipinski definition) is 1. The van der Waals surface area contributed by atoms with Gasteiger partial charge in [-0.1, -0.05) is 54.1 Å². The monoisotopic (exact) mass is 492 g/mol. The number of carbonyl (C=O) groups excluding carboxylic acids is 2. The summed E-state index contributed by atoms with van der Waals surface area (Å²) < 4.78 is 12.6. The lowest BCUT2D eigenvalue weighted by Gasteiger charge is -2.20. The Kier molecular flexibility index (Phi) is 6.77. The first kappa shape index (κ1) is 24.6. The van der Waals surface area contributed by atoms with Crippen molar-refractivity contribution in [1.82, 2.24) is 9.88 Å². The Hall–Kier alpha value is -3.51. The van der Waals surface area contributed by atoms with Crippen LogP contribution in [-0.2, 0) is 23.1 Å². The highest BCUT2D eigenvalue weighted by atomic mass is 35.5. The van der Waals surface area contributed by atoms with Crippen LogP contribution in [0, 0.1) is 0 Å². The summed E-state index contributed by atoms with van der Waals surface area (Å²) in [5.41, 5.74) is 3.34. The molecule has 0 saturated heterocycles. The second kappa shape index (κ2) is 9.62. The number of rotatable bonds is 5. The Balaban J connectivity index is 1.82. The zero-order valence-electron chi connectivity index (χ0n) is 20.6. The van der Waals surface area contributed by atoms with E-state index in [0.717, 1.165) is 32.8 Å². The van der Waals surface area contributed by atoms with Crippen LogP contribution in [0.1, 0.15) is 43.7 Å². The fourth-order valence-electron chi connectivity index (χ4n) is 4.29. The fourth-order valence-corrected chi connectivity index (χ4v) is 4.53. The van der Waals surface area contributed by atoms with E-state index in [4.69, 9.17) is 21.1 Å². The molecule has 0 aliphatic rings. The standard InChI is InChI=1S/C28H29ClN2O4/c1-6-34-26(32)25-21-14-13-17(18-9-7-11-20-19(18)10-8-12-22(20)29)15-23(21)31(5)24(25)16-30-27(33)35-28(2,3)4/h7-15H,6,16H2,1-5H3,(H,30,33). The van der Waals surface area contributed by atoms with Crippen molar-refractivity contribution in [2.24, 2.45) is 7.05 Å². The molecule has 35 heavy (non-hydrogen) atoms. The average Bonchev–Trinajstić information content (AvgIpc) is 3.08. The van der Waals surface area contributed by atoms with E-state index in [-0.39, 0.29) is 13.2 Å². The minimum atomic E-state index is -0.622. The molecular formula is C28H29ClN2O4. The van der Waals surface area contributed by atoms with E-state index in [1.165, 1.54) is 0 Å². The molecular weight excluding hydrogens is 464 g/mol. The van der Waals surface area contributed by atoms with Crippen LogP contribution in [0.2, 0.25) is 5.02 Å². The maximum Gasteiger partial charge on any atom is 0.407 e. The third kappa shape index (κ3) is 4.98. The van der Waals surface area contributed by atoms with Gasteiger partial charge in [0.1, 0.15) is 5.60 Å². The summed E-state index contributed by atoms with van der Waals surface area (Å²) in [5.74, 6) is -0.427. The van der Waals surface area contributed by atoms with Crippen LogP contribution in [0.25, 0.3) is 32.8 Å². The molecule has 0 spiro atoms. The van der Waals surface area contributed by atoms with Crippen LogP contribution in [0.15, 0.2) is 54.6 Å². The number of benzene rings is 3. The molecule has 0 unspecified atom stereocenters. The quantitative estimate of drug-likeness (QED) is 0.309. The Morgan fingerprint density at radius 1 is 1.00 bits per heavy atom. The van der Waals surface area contributed by atoms with Crippen molar-refractivity contribution in [2.45, 2.75) is 39.8 Å². The number of halogens is 1. The molecule has 6 nitrogen and oxygen atoms in total. The summed E-state index contributed by atoms with van der Waals surface area (Å²) in [6.45, 7) is 7.54. The predicted octanol–water partition coefficient (Wildman–Crippen LogP) is 6.85. The third-order valence-electron chi connectivity index (χ3n) is 5.78. The highest BCUT2D eigenvalue weighted by molar-refractivity contribution is 6.36. The minimum Gasteiger partial charge on any atom is -0.462 e. The molecule has 0 saturated carbocycles. The van der Waals surface area contributed by atoms with Crippen molar-refractivity contribution in [3.63, 3.8) is 0 Å². The number of ether oxygens (including phenoxy) is 2. The molecule has 7 heteroatoms. The molecule has 0 fully saturated rings. The van der Waals surface area contributed by atoms with E-state index in [2.05, 4.69) is 11.4 Å². The molecule has 182 valence electrons. The van der Waals surface area contributed by atoms with Gasteiger partial charge in [-0.3, -0.25) is 0 Å². The van der Waals surface area contributed by atoms with Crippen molar-refractivity contribution >= 4 is 45.3 Å². The lowest BCUT2D eigenvalue weighted by molar-refractivity contribution is 0.0502. The number of alkyl carbamates (subject to hydrolysis) is 1. The van der Waals surface area contributed by atoms with Crippen molar-refractivity contribution < 1.29 is 19.1 Å². The number of carbonyl (C=O) groups is 2. The maximum atomic E-state index is 12.9. The Morgan fingerprint density at radius 3 is 2.43 bits per heavy atom. The molecule has 4 aromatic rings. The average molecular weight is 493 g/mol. The van der Waals surface area contributed by atoms with Crippen LogP contribution in [0.5, 0.6) is 0 Å². The smallest absolute Gasteiger partial charge is 0.407 e. The van der Waals surface area contributed by atoms with Gasteiger partial charge in [0.2, 0.25) is 0 Å². The second-order valence-electron chi connectivity index (χ2n) is 9.33. The molecule has 3 aromatic carbocycles. The van der Waals surface area contributed by atoms with Gasteiger partial charge in [0.15, 0.2) is 0 Å². The predicted molar refractivity (Wildman–Crippen MR) is 140 cm³/mol. The molecule has 1 N–H and O–H groups in total. The van der Waals surface area contributed by atoms with Gasteiger partial charge in [-0.05, 0) is 56.3 Å². The van der Waals surface area contributed by atoms with Gasteiger partial charge in [-0.15, -0.1) is 0 Å². The molecule has 0 bridgehead atoms. The van der Waals surface area contributed by atoms with E-state index in [1.807, 2.05) is 60.1 Å². The first-order valence-corrected chi connectivity index (χ1v) is 11.9. The summed E-state index contributed by atoms with van der Waals surface area (Å²) in [7, 11) is 1.88. The van der Waals surface area contributed by atoms with Crippen LogP contribution in [0.4, 0.5) is 4.79 Å². The molecule has 0 aliphatic carbocycles. The van der Waals surface area contributed by atoms with E-state index in [1.54, 1.807) is 27.7 Å². The first-order valence-electron chi connectivity index (χ1n) is 11.5. The lowest BCUT2D eigenvalue weighted by Crippen LogP contribution is -2.33. The topological polar surface area (TPSA) is 69.6 Å². The minimum absolute atomic E-state index is 0.119. The number of hydrogen-bond acceptors (Lipinski definition) is 4. The normalized spacial score (nSPS) is 11.6. The van der Waals surface area contributed by atoms with Crippen molar-refractivity contribution in [1.29, 1.82) is 0 Å². The molecule has 0 atom stereocenters. The summed E-state index contributed by atoms with van der Waals surface area (Å²) in [6, 6.07) is 17.9. The van der Waals surface area contributed by atoms with Gasteiger partial charge >= 0.3 is 12.1 Å². The van der Waals surface area contributed by atoms with Gasteiger partial charge in [-0.2, -0.15) is 0 Å². The molecule has 1 heterocycles. The molecule has 0 radical (unpaired) electrons. The summed E-state index contributed by atoms with van der Waals surface area (Å²) >= 11 is 6.43. The van der Waals surface area contributed by atoms with E-state index < -0.39 is 17.7 Å². The zero-order valence-corrected chi connectivity index (χ0v) is 21.3. The van der Waals surface area contributed by atoms with Gasteiger partial charge in [0.25, 0.3) is 0 Å². The second-order valence-corrected chi connectivity index (χ2v) is 9.74. The zero-order chi connectivity index (χ0) is 25.3. The number of esters is 1. The van der Waals surface area contributed by atoms with E-state index in [0.29, 0.717) is 16.3 Å². The Bertz CT molecular complexity index is 1430.